The summed E-state index contributed by atoms with van der Waals surface area (Å²) in [4.78, 5) is 0. The quantitative estimate of drug-likeness (QED) is 0.616. The molecule has 0 unspecified atom stereocenters. The minimum absolute atomic E-state index is 0.255. The molecule has 0 bridgehead atoms. The van der Waals surface area contributed by atoms with E-state index < -0.39 is 15.6 Å². The van der Waals surface area contributed by atoms with Crippen LogP contribution in [0.4, 0.5) is 13.2 Å². The van der Waals surface area contributed by atoms with Crippen LogP contribution in [-0.2, 0) is 27.8 Å². The predicted octanol–water partition coefficient (Wildman–Crippen LogP) is 2.18. The first-order valence-corrected chi connectivity index (χ1v) is 6.47. The van der Waals surface area contributed by atoms with E-state index in [0.29, 0.717) is 18.4 Å². The molecule has 18 heavy (non-hydrogen) atoms. The van der Waals surface area contributed by atoms with Crippen LogP contribution < -0.4 is 0 Å². The van der Waals surface area contributed by atoms with Gasteiger partial charge in [-0.25, -0.2) is 0 Å². The van der Waals surface area contributed by atoms with Gasteiger partial charge in [-0.1, -0.05) is 0 Å². The summed E-state index contributed by atoms with van der Waals surface area (Å²) >= 11 is 0. The van der Waals surface area contributed by atoms with E-state index in [-0.39, 0.29) is 5.76 Å². The first kappa shape index (κ1) is 13.0. The van der Waals surface area contributed by atoms with Gasteiger partial charge in [-0.15, -0.1) is 0 Å². The molecule has 1 aromatic rings. The minimum Gasteiger partial charge on any atom is -0.376 e. The van der Waals surface area contributed by atoms with E-state index in [4.69, 9.17) is 0 Å². The van der Waals surface area contributed by atoms with Crippen molar-refractivity contribution in [3.8, 4) is 0 Å². The van der Waals surface area contributed by atoms with Crippen LogP contribution in [-0.4, -0.2) is 18.5 Å². The zero-order valence-corrected chi connectivity index (χ0v) is 10.2. The van der Waals surface area contributed by atoms with Gasteiger partial charge < -0.3 is 8.75 Å². The fourth-order valence-electron chi connectivity index (χ4n) is 1.77. The molecule has 100 valence electrons. The Labute approximate surface area is 102 Å². The normalized spacial score (nSPS) is 16.1. The standard InChI is InChI=1S/C10H10F3NO3S/c1-14-5-7-3-2-4-9(8(7)6-14)17-18(15,16)10(11,12)13/h4-6H,2-3H2,1H3. The lowest BCUT2D eigenvalue weighted by molar-refractivity contribution is -0.0509. The van der Waals surface area contributed by atoms with E-state index in [1.54, 1.807) is 17.8 Å². The van der Waals surface area contributed by atoms with Crippen LogP contribution in [0.3, 0.4) is 0 Å². The zero-order valence-electron chi connectivity index (χ0n) is 9.36. The summed E-state index contributed by atoms with van der Waals surface area (Å²) in [5.74, 6) is -0.255. The van der Waals surface area contributed by atoms with E-state index in [9.17, 15) is 21.6 Å². The Hall–Kier alpha value is -1.44. The van der Waals surface area contributed by atoms with E-state index in [2.05, 4.69) is 4.18 Å². The molecule has 1 heterocycles. The number of hydrogen-bond acceptors (Lipinski definition) is 3. The molecule has 1 aliphatic carbocycles. The van der Waals surface area contributed by atoms with E-state index in [1.807, 2.05) is 0 Å². The molecular weight excluding hydrogens is 271 g/mol. The predicted molar refractivity (Wildman–Crippen MR) is 57.8 cm³/mol. The highest BCUT2D eigenvalue weighted by molar-refractivity contribution is 7.87. The lowest BCUT2D eigenvalue weighted by atomic mass is 10.0. The number of alkyl halides is 3. The second-order valence-corrected chi connectivity index (χ2v) is 5.49. The second kappa shape index (κ2) is 4.04. The van der Waals surface area contributed by atoms with Crippen LogP contribution in [0.25, 0.3) is 5.76 Å². The average molecular weight is 281 g/mol. The third kappa shape index (κ3) is 2.24. The van der Waals surface area contributed by atoms with Gasteiger partial charge in [-0.2, -0.15) is 21.6 Å². The molecule has 0 spiro atoms. The van der Waals surface area contributed by atoms with Gasteiger partial charge in [0.1, 0.15) is 5.76 Å². The van der Waals surface area contributed by atoms with Crippen LogP contribution >= 0.6 is 0 Å². The maximum atomic E-state index is 12.2. The molecule has 0 amide bonds. The third-order valence-corrected chi connectivity index (χ3v) is 3.50. The van der Waals surface area contributed by atoms with E-state index >= 15 is 0 Å². The van der Waals surface area contributed by atoms with E-state index in [0.717, 1.165) is 5.56 Å². The Kier molecular flexibility index (Phi) is 2.92. The van der Waals surface area contributed by atoms with Gasteiger partial charge >= 0.3 is 15.6 Å². The molecule has 2 rings (SSSR count). The van der Waals surface area contributed by atoms with Crippen molar-refractivity contribution in [3.05, 3.63) is 29.6 Å². The number of halogens is 3. The summed E-state index contributed by atoms with van der Waals surface area (Å²) in [5.41, 5.74) is -4.26. The van der Waals surface area contributed by atoms with Crippen molar-refractivity contribution in [2.45, 2.75) is 18.3 Å². The Morgan fingerprint density at radius 2 is 2.00 bits per heavy atom. The van der Waals surface area contributed by atoms with Gasteiger partial charge in [0.15, 0.2) is 0 Å². The molecule has 0 aliphatic heterocycles. The molecule has 0 N–H and O–H groups in total. The molecule has 0 saturated heterocycles. The highest BCUT2D eigenvalue weighted by Crippen LogP contribution is 2.33. The molecular formula is C10H10F3NO3S. The summed E-state index contributed by atoms with van der Waals surface area (Å²) in [6.45, 7) is 0. The summed E-state index contributed by atoms with van der Waals surface area (Å²) in [6, 6.07) is 0. The summed E-state index contributed by atoms with van der Waals surface area (Å²) in [7, 11) is -3.91. The van der Waals surface area contributed by atoms with Crippen molar-refractivity contribution >= 4 is 15.9 Å². The fourth-order valence-corrected chi connectivity index (χ4v) is 2.26. The Morgan fingerprint density at radius 3 is 2.61 bits per heavy atom. The van der Waals surface area contributed by atoms with Gasteiger partial charge in [0.05, 0.1) is 0 Å². The number of rotatable bonds is 2. The first-order valence-electron chi connectivity index (χ1n) is 5.07. The fraction of sp³-hybridized carbons (Fsp3) is 0.400. The second-order valence-electron chi connectivity index (χ2n) is 3.95. The summed E-state index contributed by atoms with van der Waals surface area (Å²) in [6.07, 6.45) is 5.71. The van der Waals surface area contributed by atoms with Crippen LogP contribution in [0.5, 0.6) is 0 Å². The minimum atomic E-state index is -5.61. The highest BCUT2D eigenvalue weighted by Gasteiger charge is 2.49. The van der Waals surface area contributed by atoms with Crippen molar-refractivity contribution in [1.82, 2.24) is 4.57 Å². The van der Waals surface area contributed by atoms with Gasteiger partial charge in [-0.05, 0) is 24.5 Å². The number of hydrogen-bond donors (Lipinski definition) is 0. The Morgan fingerprint density at radius 1 is 1.33 bits per heavy atom. The van der Waals surface area contributed by atoms with Crippen LogP contribution in [0.1, 0.15) is 17.5 Å². The Balaban J connectivity index is 2.34. The highest BCUT2D eigenvalue weighted by atomic mass is 32.2. The number of aromatic nitrogens is 1. The van der Waals surface area contributed by atoms with E-state index in [1.165, 1.54) is 12.3 Å². The number of nitrogens with zero attached hydrogens (tertiary/aromatic N) is 1. The van der Waals surface area contributed by atoms with Crippen molar-refractivity contribution in [2.75, 3.05) is 0 Å². The van der Waals surface area contributed by atoms with Gasteiger partial charge in [-0.3, -0.25) is 0 Å². The SMILES string of the molecule is Cn1cc2c(c1)C(OS(=O)(=O)C(F)(F)F)=CCC2. The average Bonchev–Trinajstić information content (AvgIpc) is 2.57. The molecule has 8 heteroatoms. The molecule has 1 aliphatic rings. The number of allylic oxidation sites excluding steroid dienone is 1. The monoisotopic (exact) mass is 281 g/mol. The largest absolute Gasteiger partial charge is 0.534 e. The van der Waals surface area contributed by atoms with Crippen molar-refractivity contribution in [3.63, 3.8) is 0 Å². The zero-order chi connectivity index (χ0) is 13.6. The van der Waals surface area contributed by atoms with Gasteiger partial charge in [0.25, 0.3) is 0 Å². The number of fused-ring (bicyclic) bond motifs is 1. The van der Waals surface area contributed by atoms with Crippen molar-refractivity contribution < 1.29 is 25.8 Å². The van der Waals surface area contributed by atoms with Crippen molar-refractivity contribution in [2.24, 2.45) is 7.05 Å². The summed E-state index contributed by atoms with van der Waals surface area (Å²) < 4.78 is 64.4. The number of aryl methyl sites for hydroxylation is 2. The first-order chi connectivity index (χ1) is 8.21. The molecule has 0 saturated carbocycles. The topological polar surface area (TPSA) is 48.3 Å². The molecule has 1 aromatic heterocycles. The van der Waals surface area contributed by atoms with Crippen molar-refractivity contribution in [1.29, 1.82) is 0 Å². The van der Waals surface area contributed by atoms with Gasteiger partial charge in [0.2, 0.25) is 0 Å². The van der Waals surface area contributed by atoms with Crippen LogP contribution in [0, 0.1) is 0 Å². The smallest absolute Gasteiger partial charge is 0.376 e. The lowest BCUT2D eigenvalue weighted by Crippen LogP contribution is -2.25. The lowest BCUT2D eigenvalue weighted by Gasteiger charge is -2.15. The van der Waals surface area contributed by atoms with Gasteiger partial charge in [0, 0.05) is 25.0 Å². The van der Waals surface area contributed by atoms with Crippen LogP contribution in [0.2, 0.25) is 0 Å². The molecule has 0 atom stereocenters. The molecule has 4 nitrogen and oxygen atoms in total. The summed E-state index contributed by atoms with van der Waals surface area (Å²) in [5, 5.41) is 0. The third-order valence-electron chi connectivity index (χ3n) is 2.53. The molecule has 0 radical (unpaired) electrons. The van der Waals surface area contributed by atoms with Crippen LogP contribution in [0.15, 0.2) is 18.5 Å². The maximum absolute atomic E-state index is 12.2. The maximum Gasteiger partial charge on any atom is 0.534 e. The molecule has 0 aromatic carbocycles. The Bertz CT molecular complexity index is 598. The molecule has 0 fully saturated rings.